The van der Waals surface area contributed by atoms with E-state index in [-0.39, 0.29) is 24.2 Å². The van der Waals surface area contributed by atoms with Gasteiger partial charge in [-0.2, -0.15) is 4.99 Å². The molecular formula is C17H17N5O2S. The molecule has 1 aromatic carbocycles. The van der Waals surface area contributed by atoms with Crippen LogP contribution in [0.25, 0.3) is 0 Å². The molecule has 1 unspecified atom stereocenters. The fraction of sp³-hybridized carbons (Fsp3) is 0.235. The quantitative estimate of drug-likeness (QED) is 0.858. The zero-order chi connectivity index (χ0) is 17.6. The van der Waals surface area contributed by atoms with Crippen molar-refractivity contribution < 1.29 is 9.59 Å². The van der Waals surface area contributed by atoms with Crippen LogP contribution in [0.4, 0.5) is 11.6 Å². The maximum absolute atomic E-state index is 12.3. The monoisotopic (exact) mass is 355 g/mol. The summed E-state index contributed by atoms with van der Waals surface area (Å²) < 4.78 is 0. The number of nitrogens with zero attached hydrogens (tertiary/aromatic N) is 3. The Morgan fingerprint density at radius 1 is 1.28 bits per heavy atom. The van der Waals surface area contributed by atoms with Gasteiger partial charge in [-0.1, -0.05) is 36.9 Å². The number of benzene rings is 1. The number of aryl methyl sites for hydroxylation is 1. The zero-order valence-electron chi connectivity index (χ0n) is 13.6. The summed E-state index contributed by atoms with van der Waals surface area (Å²) in [6, 6.07) is 9.32. The third-order valence-corrected chi connectivity index (χ3v) is 4.66. The van der Waals surface area contributed by atoms with Crippen LogP contribution in [0.2, 0.25) is 0 Å². The first-order valence-corrected chi connectivity index (χ1v) is 8.74. The van der Waals surface area contributed by atoms with E-state index in [1.807, 2.05) is 31.2 Å². The number of aliphatic imine (C=N–C) groups is 1. The maximum Gasteiger partial charge on any atom is 0.251 e. The van der Waals surface area contributed by atoms with Crippen molar-refractivity contribution in [2.75, 3.05) is 5.32 Å². The van der Waals surface area contributed by atoms with Gasteiger partial charge in [0.1, 0.15) is 5.25 Å². The van der Waals surface area contributed by atoms with Crippen molar-refractivity contribution >= 4 is 40.4 Å². The molecule has 1 aromatic heterocycles. The number of thioether (sulfide) groups is 1. The van der Waals surface area contributed by atoms with E-state index >= 15 is 0 Å². The van der Waals surface area contributed by atoms with Crippen LogP contribution in [-0.2, 0) is 16.0 Å². The predicted octanol–water partition coefficient (Wildman–Crippen LogP) is 2.29. The van der Waals surface area contributed by atoms with Crippen molar-refractivity contribution in [2.45, 2.75) is 25.0 Å². The van der Waals surface area contributed by atoms with Crippen molar-refractivity contribution in [1.82, 2.24) is 15.3 Å². The molecule has 25 heavy (non-hydrogen) atoms. The molecule has 0 aliphatic carbocycles. The van der Waals surface area contributed by atoms with Crippen LogP contribution < -0.4 is 10.6 Å². The van der Waals surface area contributed by atoms with Gasteiger partial charge in [0, 0.05) is 24.5 Å². The Kier molecular flexibility index (Phi) is 5.39. The van der Waals surface area contributed by atoms with E-state index in [4.69, 9.17) is 0 Å². The molecule has 7 nitrogen and oxygen atoms in total. The number of para-hydroxylation sites is 1. The molecule has 8 heteroatoms. The first-order chi connectivity index (χ1) is 12.2. The molecule has 128 valence electrons. The Hall–Kier alpha value is -2.74. The number of carbonyl (C=O) groups is 2. The van der Waals surface area contributed by atoms with E-state index in [9.17, 15) is 9.59 Å². The second-order valence-corrected chi connectivity index (χ2v) is 6.52. The molecule has 1 fully saturated rings. The van der Waals surface area contributed by atoms with Crippen LogP contribution in [0.5, 0.6) is 0 Å². The number of anilines is 1. The largest absolute Gasteiger partial charge is 0.326 e. The summed E-state index contributed by atoms with van der Waals surface area (Å²) in [4.78, 5) is 36.5. The number of aromatic nitrogens is 2. The molecular weight excluding hydrogens is 338 g/mol. The highest BCUT2D eigenvalue weighted by atomic mass is 32.2. The molecule has 2 amide bonds. The van der Waals surface area contributed by atoms with Crippen molar-refractivity contribution in [2.24, 2.45) is 4.99 Å². The number of amidine groups is 1. The molecule has 0 spiro atoms. The second-order valence-electron chi connectivity index (χ2n) is 5.32. The van der Waals surface area contributed by atoms with Crippen molar-refractivity contribution in [3.63, 3.8) is 0 Å². The van der Waals surface area contributed by atoms with Gasteiger partial charge in [-0.3, -0.25) is 9.59 Å². The van der Waals surface area contributed by atoms with Crippen LogP contribution in [-0.4, -0.2) is 32.2 Å². The lowest BCUT2D eigenvalue weighted by atomic mass is 10.1. The smallest absolute Gasteiger partial charge is 0.251 e. The average molecular weight is 355 g/mol. The summed E-state index contributed by atoms with van der Waals surface area (Å²) in [5.41, 5.74) is 1.84. The van der Waals surface area contributed by atoms with Crippen molar-refractivity contribution in [1.29, 1.82) is 0 Å². The number of amides is 2. The van der Waals surface area contributed by atoms with E-state index < -0.39 is 5.25 Å². The minimum atomic E-state index is -0.517. The van der Waals surface area contributed by atoms with Crippen molar-refractivity contribution in [3.05, 3.63) is 48.3 Å². The Balaban J connectivity index is 1.62. The number of hydrogen-bond acceptors (Lipinski definition) is 6. The number of rotatable bonds is 5. The average Bonchev–Trinajstić information content (AvgIpc) is 2.95. The third kappa shape index (κ3) is 4.42. The Labute approximate surface area is 149 Å². The molecule has 2 heterocycles. The van der Waals surface area contributed by atoms with Crippen molar-refractivity contribution in [3.8, 4) is 0 Å². The van der Waals surface area contributed by atoms with E-state index in [1.165, 1.54) is 11.8 Å². The highest BCUT2D eigenvalue weighted by Crippen LogP contribution is 2.25. The van der Waals surface area contributed by atoms with Gasteiger partial charge in [-0.15, -0.1) is 0 Å². The third-order valence-electron chi connectivity index (χ3n) is 3.57. The molecule has 0 saturated carbocycles. The number of nitrogens with one attached hydrogen (secondary N) is 2. The van der Waals surface area contributed by atoms with E-state index in [2.05, 4.69) is 25.6 Å². The fourth-order valence-corrected chi connectivity index (χ4v) is 3.32. The highest BCUT2D eigenvalue weighted by molar-refractivity contribution is 8.15. The van der Waals surface area contributed by atoms with Crippen LogP contribution in [0.3, 0.4) is 0 Å². The van der Waals surface area contributed by atoms with Crippen LogP contribution >= 0.6 is 11.8 Å². The summed E-state index contributed by atoms with van der Waals surface area (Å²) in [5.74, 6) is -0.170. The van der Waals surface area contributed by atoms with E-state index in [1.54, 1.807) is 18.5 Å². The lowest BCUT2D eigenvalue weighted by molar-refractivity contribution is -0.122. The standard InChI is InChI=1S/C17H17N5O2S/c1-2-11-6-3-4-7-12(11)20-14(23)10-13-15(24)21-17(25-13)22-16-18-8-5-9-19-16/h3-9,13H,2,10H2,1H3,(H,20,23)(H,18,19,21,22,24). The zero-order valence-corrected chi connectivity index (χ0v) is 14.4. The Morgan fingerprint density at radius 3 is 2.80 bits per heavy atom. The fourth-order valence-electron chi connectivity index (χ4n) is 2.35. The molecule has 1 aliphatic rings. The number of hydrogen-bond donors (Lipinski definition) is 2. The van der Waals surface area contributed by atoms with E-state index in [0.29, 0.717) is 5.17 Å². The first-order valence-electron chi connectivity index (χ1n) is 7.86. The highest BCUT2D eigenvalue weighted by Gasteiger charge is 2.32. The van der Waals surface area contributed by atoms with Gasteiger partial charge >= 0.3 is 0 Å². The molecule has 1 atom stereocenters. The molecule has 0 radical (unpaired) electrons. The summed E-state index contributed by atoms with van der Waals surface area (Å²) >= 11 is 1.21. The first kappa shape index (κ1) is 17.1. The van der Waals surface area contributed by atoms with Crippen LogP contribution in [0.15, 0.2) is 47.7 Å². The van der Waals surface area contributed by atoms with Gasteiger partial charge < -0.3 is 10.6 Å². The van der Waals surface area contributed by atoms with Gasteiger partial charge in [0.15, 0.2) is 5.17 Å². The minimum Gasteiger partial charge on any atom is -0.326 e. The van der Waals surface area contributed by atoms with Gasteiger partial charge in [-0.25, -0.2) is 9.97 Å². The van der Waals surface area contributed by atoms with Gasteiger partial charge in [0.05, 0.1) is 0 Å². The summed E-state index contributed by atoms with van der Waals surface area (Å²) in [7, 11) is 0. The van der Waals surface area contributed by atoms with Crippen LogP contribution in [0.1, 0.15) is 18.9 Å². The SMILES string of the molecule is CCc1ccccc1NC(=O)CC1S/C(=N\c2ncccn2)NC1=O. The summed E-state index contributed by atoms with van der Waals surface area (Å²) in [6.45, 7) is 2.03. The lowest BCUT2D eigenvalue weighted by Gasteiger charge is -2.10. The van der Waals surface area contributed by atoms with Gasteiger partial charge in [0.25, 0.3) is 5.95 Å². The minimum absolute atomic E-state index is 0.0726. The molecule has 3 rings (SSSR count). The Morgan fingerprint density at radius 2 is 2.04 bits per heavy atom. The van der Waals surface area contributed by atoms with E-state index in [0.717, 1.165) is 17.7 Å². The van der Waals surface area contributed by atoms with Crippen LogP contribution in [0, 0.1) is 0 Å². The maximum atomic E-state index is 12.3. The van der Waals surface area contributed by atoms with Gasteiger partial charge in [-0.05, 0) is 24.1 Å². The second kappa shape index (κ2) is 7.89. The summed E-state index contributed by atoms with van der Waals surface area (Å²) in [5, 5.41) is 5.42. The molecule has 0 bridgehead atoms. The Bertz CT molecular complexity index is 810. The normalized spacial score (nSPS) is 18.2. The lowest BCUT2D eigenvalue weighted by Crippen LogP contribution is -2.28. The molecule has 2 aromatic rings. The number of carbonyl (C=O) groups excluding carboxylic acids is 2. The topological polar surface area (TPSA) is 96.3 Å². The van der Waals surface area contributed by atoms with Gasteiger partial charge in [0.2, 0.25) is 11.8 Å². The molecule has 1 aliphatic heterocycles. The molecule has 1 saturated heterocycles. The predicted molar refractivity (Wildman–Crippen MR) is 97.7 cm³/mol. The summed E-state index contributed by atoms with van der Waals surface area (Å²) in [6.07, 6.45) is 4.04. The molecule has 2 N–H and O–H groups in total.